The number of aromatic nitrogens is 2. The van der Waals surface area contributed by atoms with E-state index in [1.54, 1.807) is 18.2 Å². The fourth-order valence-corrected chi connectivity index (χ4v) is 2.92. The summed E-state index contributed by atoms with van der Waals surface area (Å²) in [7, 11) is 0. The molecule has 3 rings (SSSR count). The van der Waals surface area contributed by atoms with E-state index in [-0.39, 0.29) is 5.56 Å². The summed E-state index contributed by atoms with van der Waals surface area (Å²) in [6.07, 6.45) is 0. The van der Waals surface area contributed by atoms with Crippen LogP contribution in [0.1, 0.15) is 19.7 Å². The van der Waals surface area contributed by atoms with E-state index in [0.29, 0.717) is 40.4 Å². The molecule has 6 heteroatoms. The first-order chi connectivity index (χ1) is 10.0. The summed E-state index contributed by atoms with van der Waals surface area (Å²) in [6.45, 7) is 6.90. The highest BCUT2D eigenvalue weighted by Crippen LogP contribution is 2.15. The lowest BCUT2D eigenvalue weighted by Gasteiger charge is -2.37. The van der Waals surface area contributed by atoms with E-state index in [1.165, 1.54) is 0 Å². The van der Waals surface area contributed by atoms with Crippen LogP contribution in [-0.2, 0) is 6.54 Å². The van der Waals surface area contributed by atoms with Crippen LogP contribution in [0.15, 0.2) is 23.0 Å². The van der Waals surface area contributed by atoms with Gasteiger partial charge in [-0.2, -0.15) is 0 Å². The minimum atomic E-state index is -0.131. The molecule has 1 fully saturated rings. The Balaban J connectivity index is 1.90. The molecule has 1 aliphatic rings. The van der Waals surface area contributed by atoms with Gasteiger partial charge in [-0.1, -0.05) is 11.6 Å². The van der Waals surface area contributed by atoms with E-state index in [1.807, 2.05) is 0 Å². The summed E-state index contributed by atoms with van der Waals surface area (Å²) in [4.78, 5) is 21.9. The summed E-state index contributed by atoms with van der Waals surface area (Å²) >= 11 is 5.93. The van der Waals surface area contributed by atoms with E-state index < -0.39 is 0 Å². The average Bonchev–Trinajstić information content (AvgIpc) is 2.44. The summed E-state index contributed by atoms with van der Waals surface area (Å²) < 4.78 is 0. The molecule has 0 aliphatic carbocycles. The Labute approximate surface area is 128 Å². The number of halogens is 1. The van der Waals surface area contributed by atoms with Crippen molar-refractivity contribution in [3.8, 4) is 0 Å². The van der Waals surface area contributed by atoms with Gasteiger partial charge in [-0.3, -0.25) is 9.69 Å². The number of piperazine rings is 1. The monoisotopic (exact) mass is 306 g/mol. The number of nitrogens with one attached hydrogen (secondary N) is 2. The van der Waals surface area contributed by atoms with Crippen LogP contribution < -0.4 is 10.9 Å². The van der Waals surface area contributed by atoms with Crippen LogP contribution in [0.4, 0.5) is 0 Å². The first-order valence-corrected chi connectivity index (χ1v) is 7.56. The minimum Gasteiger partial charge on any atom is -0.311 e. The largest absolute Gasteiger partial charge is 0.311 e. The molecule has 0 spiro atoms. The zero-order chi connectivity index (χ0) is 15.0. The van der Waals surface area contributed by atoms with Crippen molar-refractivity contribution in [2.45, 2.75) is 32.5 Å². The molecule has 112 valence electrons. The molecule has 0 amide bonds. The molecule has 1 aliphatic heterocycles. The maximum absolute atomic E-state index is 12.2. The topological polar surface area (TPSA) is 61.0 Å². The molecule has 0 radical (unpaired) electrons. The molecule has 0 saturated carbocycles. The Bertz CT molecular complexity index is 714. The van der Waals surface area contributed by atoms with E-state index in [4.69, 9.17) is 11.6 Å². The number of hydrogen-bond donors (Lipinski definition) is 2. The third-order valence-electron chi connectivity index (χ3n) is 3.96. The van der Waals surface area contributed by atoms with Gasteiger partial charge >= 0.3 is 0 Å². The highest BCUT2D eigenvalue weighted by atomic mass is 35.5. The lowest BCUT2D eigenvalue weighted by atomic mass is 10.1. The summed E-state index contributed by atoms with van der Waals surface area (Å²) in [6, 6.07) is 6.08. The third-order valence-corrected chi connectivity index (χ3v) is 4.20. The first kappa shape index (κ1) is 14.5. The Morgan fingerprint density at radius 1 is 1.43 bits per heavy atom. The van der Waals surface area contributed by atoms with Gasteiger partial charge in [0.25, 0.3) is 5.56 Å². The Morgan fingerprint density at radius 2 is 2.24 bits per heavy atom. The Kier molecular flexibility index (Phi) is 3.97. The number of benzene rings is 1. The van der Waals surface area contributed by atoms with Gasteiger partial charge < -0.3 is 10.3 Å². The predicted octanol–water partition coefficient (Wildman–Crippen LogP) is 1.76. The molecule has 2 unspecified atom stereocenters. The van der Waals surface area contributed by atoms with E-state index in [2.05, 4.69) is 34.0 Å². The molecule has 21 heavy (non-hydrogen) atoms. The second kappa shape index (κ2) is 5.75. The second-order valence-corrected chi connectivity index (χ2v) is 6.20. The fourth-order valence-electron chi connectivity index (χ4n) is 2.74. The normalized spacial score (nSPS) is 23.6. The maximum atomic E-state index is 12.2. The van der Waals surface area contributed by atoms with Gasteiger partial charge in [-0.05, 0) is 32.0 Å². The van der Waals surface area contributed by atoms with Crippen LogP contribution in [0.5, 0.6) is 0 Å². The van der Waals surface area contributed by atoms with Crippen molar-refractivity contribution in [3.63, 3.8) is 0 Å². The van der Waals surface area contributed by atoms with Crippen molar-refractivity contribution >= 4 is 22.5 Å². The van der Waals surface area contributed by atoms with Crippen molar-refractivity contribution in [2.24, 2.45) is 0 Å². The van der Waals surface area contributed by atoms with Crippen molar-refractivity contribution in [1.82, 2.24) is 20.2 Å². The van der Waals surface area contributed by atoms with Crippen molar-refractivity contribution in [2.75, 3.05) is 13.1 Å². The number of H-pyrrole nitrogens is 1. The van der Waals surface area contributed by atoms with Gasteiger partial charge in [0, 0.05) is 30.2 Å². The number of rotatable bonds is 2. The van der Waals surface area contributed by atoms with E-state index >= 15 is 0 Å². The molecular formula is C15H19ClN4O. The third kappa shape index (κ3) is 3.10. The fraction of sp³-hybridized carbons (Fsp3) is 0.467. The standard InChI is InChI=1S/C15H19ClN4O/c1-9-7-20(10(2)6-17-9)8-14-18-13-4-3-11(16)5-12(13)15(21)19-14/h3-5,9-10,17H,6-8H2,1-2H3,(H,18,19,21). The highest BCUT2D eigenvalue weighted by Gasteiger charge is 2.23. The SMILES string of the molecule is CC1CN(Cc2nc3ccc(Cl)cc3c(=O)[nH]2)C(C)CN1. The minimum absolute atomic E-state index is 0.131. The van der Waals surface area contributed by atoms with E-state index in [9.17, 15) is 4.79 Å². The van der Waals surface area contributed by atoms with Crippen LogP contribution >= 0.6 is 11.6 Å². The molecule has 1 saturated heterocycles. The molecule has 5 nitrogen and oxygen atoms in total. The molecule has 2 heterocycles. The highest BCUT2D eigenvalue weighted by molar-refractivity contribution is 6.31. The lowest BCUT2D eigenvalue weighted by Crippen LogP contribution is -2.53. The van der Waals surface area contributed by atoms with Crippen LogP contribution in [0.3, 0.4) is 0 Å². The van der Waals surface area contributed by atoms with Crippen molar-refractivity contribution < 1.29 is 0 Å². The zero-order valence-electron chi connectivity index (χ0n) is 12.2. The van der Waals surface area contributed by atoms with Gasteiger partial charge in [-0.15, -0.1) is 0 Å². The molecule has 2 aromatic rings. The molecule has 2 N–H and O–H groups in total. The van der Waals surface area contributed by atoms with E-state index in [0.717, 1.165) is 13.1 Å². The zero-order valence-corrected chi connectivity index (χ0v) is 12.9. The Hall–Kier alpha value is -1.43. The summed E-state index contributed by atoms with van der Waals surface area (Å²) in [5.41, 5.74) is 0.558. The van der Waals surface area contributed by atoms with Gasteiger partial charge in [0.1, 0.15) is 5.82 Å². The number of hydrogen-bond acceptors (Lipinski definition) is 4. The molecule has 0 bridgehead atoms. The molecule has 1 aromatic heterocycles. The summed E-state index contributed by atoms with van der Waals surface area (Å²) in [5.74, 6) is 0.704. The van der Waals surface area contributed by atoms with Gasteiger partial charge in [0.15, 0.2) is 0 Å². The molecular weight excluding hydrogens is 288 g/mol. The van der Waals surface area contributed by atoms with Crippen LogP contribution in [0, 0.1) is 0 Å². The van der Waals surface area contributed by atoms with Gasteiger partial charge in [0.2, 0.25) is 0 Å². The van der Waals surface area contributed by atoms with Crippen LogP contribution in [0.25, 0.3) is 10.9 Å². The molecule has 1 aromatic carbocycles. The smallest absolute Gasteiger partial charge is 0.258 e. The summed E-state index contributed by atoms with van der Waals surface area (Å²) in [5, 5.41) is 4.53. The number of aromatic amines is 1. The van der Waals surface area contributed by atoms with Gasteiger partial charge in [0.05, 0.1) is 17.4 Å². The number of fused-ring (bicyclic) bond motifs is 1. The van der Waals surface area contributed by atoms with Crippen molar-refractivity contribution in [1.29, 1.82) is 0 Å². The van der Waals surface area contributed by atoms with Gasteiger partial charge in [-0.25, -0.2) is 4.98 Å². The Morgan fingerprint density at radius 3 is 3.05 bits per heavy atom. The van der Waals surface area contributed by atoms with Crippen LogP contribution in [-0.4, -0.2) is 40.0 Å². The lowest BCUT2D eigenvalue weighted by molar-refractivity contribution is 0.135. The molecule has 2 atom stereocenters. The van der Waals surface area contributed by atoms with Crippen molar-refractivity contribution in [3.05, 3.63) is 39.4 Å². The first-order valence-electron chi connectivity index (χ1n) is 7.19. The quantitative estimate of drug-likeness (QED) is 0.887. The second-order valence-electron chi connectivity index (χ2n) is 5.76. The average molecular weight is 307 g/mol. The van der Waals surface area contributed by atoms with Crippen LogP contribution in [0.2, 0.25) is 5.02 Å². The maximum Gasteiger partial charge on any atom is 0.258 e. The number of nitrogens with zero attached hydrogens (tertiary/aromatic N) is 2. The predicted molar refractivity (Wildman–Crippen MR) is 84.7 cm³/mol.